The van der Waals surface area contributed by atoms with Gasteiger partial charge >= 0.3 is 16.2 Å². The lowest BCUT2D eigenvalue weighted by Crippen LogP contribution is -2.36. The molecule has 2 fully saturated rings. The number of imidazole rings is 1. The minimum absolute atomic E-state index is 0.0426. The third-order valence-corrected chi connectivity index (χ3v) is 9.20. The minimum Gasteiger partial charge on any atom is -0.861 e. The van der Waals surface area contributed by atoms with Crippen LogP contribution in [0.2, 0.25) is 0 Å². The summed E-state index contributed by atoms with van der Waals surface area (Å²) in [6, 6.07) is 0.118. The van der Waals surface area contributed by atoms with Crippen LogP contribution in [0, 0.1) is 5.92 Å². The van der Waals surface area contributed by atoms with Crippen LogP contribution in [0.4, 0.5) is 10.6 Å². The monoisotopic (exact) mass is 534 g/mol. The highest BCUT2D eigenvalue weighted by atomic mass is 32.2. The summed E-state index contributed by atoms with van der Waals surface area (Å²) in [6.07, 6.45) is 9.81. The largest absolute Gasteiger partial charge is 0.861 e. The van der Waals surface area contributed by atoms with E-state index in [2.05, 4.69) is 34.7 Å². The molecule has 3 aliphatic rings. The lowest BCUT2D eigenvalue weighted by molar-refractivity contribution is -0.218. The Morgan fingerprint density at radius 2 is 2.14 bits per heavy atom. The molecule has 5 atom stereocenters. The van der Waals surface area contributed by atoms with Gasteiger partial charge in [-0.15, -0.1) is 0 Å². The molecule has 15 heteroatoms. The number of hydrogen-bond donors (Lipinski definition) is 4. The smallest absolute Gasteiger partial charge is 0.318 e. The van der Waals surface area contributed by atoms with Gasteiger partial charge < -0.3 is 26.0 Å². The molecule has 2 aromatic heterocycles. The first-order chi connectivity index (χ1) is 17.3. The Morgan fingerprint density at radius 3 is 3.00 bits per heavy atom. The predicted octanol–water partition coefficient (Wildman–Crippen LogP) is -0.155. The van der Waals surface area contributed by atoms with Crippen molar-refractivity contribution in [1.82, 2.24) is 34.9 Å². The number of anilines is 1. The molecule has 0 aromatic carbocycles. The van der Waals surface area contributed by atoms with Crippen LogP contribution in [-0.2, 0) is 10.2 Å². The molecule has 2 aromatic rings. The second-order valence-electron chi connectivity index (χ2n) is 9.21. The first-order valence-corrected chi connectivity index (χ1v) is 14.3. The molecule has 0 saturated carbocycles. The number of aromatic nitrogens is 4. The maximum Gasteiger partial charge on any atom is 0.318 e. The van der Waals surface area contributed by atoms with Gasteiger partial charge in [-0.05, 0) is 37.5 Å². The Bertz CT molecular complexity index is 1300. The summed E-state index contributed by atoms with van der Waals surface area (Å²) >= 11 is 1.81. The van der Waals surface area contributed by atoms with E-state index in [4.69, 9.17) is 5.73 Å². The summed E-state index contributed by atoms with van der Waals surface area (Å²) in [5.74, 6) is 0.467. The number of urea groups is 1. The lowest BCUT2D eigenvalue weighted by Gasteiger charge is -2.17. The zero-order chi connectivity index (χ0) is 25.3. The van der Waals surface area contributed by atoms with Crippen LogP contribution in [0.1, 0.15) is 38.1 Å². The molecule has 0 unspecified atom stereocenters. The number of nitrogens with zero attached hydrogens (tertiary/aromatic N) is 5. The molecule has 2 saturated heterocycles. The van der Waals surface area contributed by atoms with Gasteiger partial charge in [0.05, 0.1) is 24.5 Å². The van der Waals surface area contributed by atoms with Crippen molar-refractivity contribution in [2.75, 3.05) is 18.0 Å². The number of unbranched alkanes of at least 4 members (excludes halogenated alkanes) is 1. The van der Waals surface area contributed by atoms with Gasteiger partial charge in [0.25, 0.3) is 0 Å². The predicted molar refractivity (Wildman–Crippen MR) is 134 cm³/mol. The van der Waals surface area contributed by atoms with Crippen molar-refractivity contribution in [2.24, 2.45) is 10.3 Å². The highest BCUT2D eigenvalue weighted by Crippen LogP contribution is 2.33. The van der Waals surface area contributed by atoms with Gasteiger partial charge in [0.15, 0.2) is 11.5 Å². The molecule has 194 valence electrons. The highest BCUT2D eigenvalue weighted by molar-refractivity contribution is 8.00. The Morgan fingerprint density at radius 1 is 1.28 bits per heavy atom. The molecule has 0 spiro atoms. The average molecular weight is 535 g/mol. The summed E-state index contributed by atoms with van der Waals surface area (Å²) in [6.45, 7) is 0.136. The summed E-state index contributed by atoms with van der Waals surface area (Å²) in [5, 5.41) is 18.3. The third kappa shape index (κ3) is 5.42. The standard InChI is InChI=1S/C21H29N9O4S2/c22-19-18-20(24-10-23-19)30(11-25-18)13-6-5-12(7-13)8-26-36(33,34)29-16(31)4-2-1-3-15-17-14(9-35-15)27-21(32)28-17/h5-6,10-15,17,26H,1-4,7-9H2,(H,29,31)(H2,22,23,24)(H2,27,28,32)/p-1/t12-,13+,14+,15+,17+/m1/s1. The van der Waals surface area contributed by atoms with Crippen molar-refractivity contribution < 1.29 is 18.3 Å². The van der Waals surface area contributed by atoms with Crippen molar-refractivity contribution in [3.8, 4) is 0 Å². The van der Waals surface area contributed by atoms with Crippen LogP contribution in [0.3, 0.4) is 0 Å². The number of nitrogens with two attached hydrogens (primary N) is 1. The van der Waals surface area contributed by atoms with Gasteiger partial charge in [-0.3, -0.25) is 0 Å². The number of nitrogens with one attached hydrogen (secondary N) is 3. The van der Waals surface area contributed by atoms with E-state index in [-0.39, 0.29) is 43.0 Å². The Balaban J connectivity index is 1.05. The summed E-state index contributed by atoms with van der Waals surface area (Å²) in [4.78, 5) is 23.9. The number of nitrogen functional groups attached to an aromatic ring is 1. The molecule has 13 nitrogen and oxygen atoms in total. The molecule has 5 rings (SSSR count). The van der Waals surface area contributed by atoms with Crippen molar-refractivity contribution in [3.05, 3.63) is 24.8 Å². The molecular formula is C21H28N9O4S2-. The SMILES string of the molecule is Nc1ncnc2c1ncn2[C@H]1C=C[C@@H](CNS(=O)(=O)/N=C(\[O-])CCCC[C@@H]2SC[C@@H]3NC(=O)N[C@@H]32)C1. The second-order valence-corrected chi connectivity index (χ2v) is 11.9. The van der Waals surface area contributed by atoms with Gasteiger partial charge in [0.2, 0.25) is 0 Å². The lowest BCUT2D eigenvalue weighted by atomic mass is 10.0. The molecule has 4 heterocycles. The number of carbonyl (C=O) groups is 1. The number of carbonyl (C=O) groups excluding carboxylic acids is 1. The first-order valence-electron chi connectivity index (χ1n) is 11.8. The maximum atomic E-state index is 12.3. The first kappa shape index (κ1) is 24.8. The van der Waals surface area contributed by atoms with Crippen LogP contribution in [0.15, 0.2) is 29.2 Å². The molecule has 0 bridgehead atoms. The number of rotatable bonds is 10. The van der Waals surface area contributed by atoms with Crippen LogP contribution < -0.4 is 26.2 Å². The Hall–Kier alpha value is -2.91. The van der Waals surface area contributed by atoms with Crippen LogP contribution >= 0.6 is 11.8 Å². The number of hydrogen-bond acceptors (Lipinski definition) is 9. The van der Waals surface area contributed by atoms with E-state index in [0.717, 1.165) is 18.6 Å². The number of thioether (sulfide) groups is 1. The fourth-order valence-corrected chi connectivity index (χ4v) is 7.30. The number of amides is 2. The van der Waals surface area contributed by atoms with E-state index in [1.807, 2.05) is 28.5 Å². The van der Waals surface area contributed by atoms with Crippen LogP contribution in [-0.4, -0.2) is 69.5 Å². The van der Waals surface area contributed by atoms with E-state index in [0.29, 0.717) is 35.1 Å². The zero-order valence-corrected chi connectivity index (χ0v) is 21.0. The third-order valence-electron chi connectivity index (χ3n) is 6.71. The minimum atomic E-state index is -4.08. The molecule has 1 aliphatic carbocycles. The maximum absolute atomic E-state index is 12.3. The normalized spacial score (nSPS) is 27.9. The van der Waals surface area contributed by atoms with Crippen LogP contribution in [0.25, 0.3) is 11.2 Å². The van der Waals surface area contributed by atoms with E-state index in [9.17, 15) is 18.3 Å². The van der Waals surface area contributed by atoms with E-state index >= 15 is 0 Å². The van der Waals surface area contributed by atoms with Gasteiger partial charge in [0, 0.05) is 17.5 Å². The molecular weight excluding hydrogens is 506 g/mol. The van der Waals surface area contributed by atoms with Crippen molar-refractivity contribution in [1.29, 1.82) is 0 Å². The van der Waals surface area contributed by atoms with Gasteiger partial charge in [-0.2, -0.15) is 29.3 Å². The van der Waals surface area contributed by atoms with Crippen molar-refractivity contribution in [3.63, 3.8) is 0 Å². The topological polar surface area (TPSA) is 192 Å². The van der Waals surface area contributed by atoms with E-state index in [1.54, 1.807) is 6.33 Å². The zero-order valence-electron chi connectivity index (χ0n) is 19.4. The Kier molecular flexibility index (Phi) is 7.03. The van der Waals surface area contributed by atoms with E-state index in [1.165, 1.54) is 6.33 Å². The number of allylic oxidation sites excluding steroid dienone is 1. The average Bonchev–Trinajstić information content (AvgIpc) is 3.59. The summed E-state index contributed by atoms with van der Waals surface area (Å²) in [5.41, 5.74) is 6.99. The molecule has 2 aliphatic heterocycles. The quantitative estimate of drug-likeness (QED) is 0.105. The molecule has 0 radical (unpaired) electrons. The van der Waals surface area contributed by atoms with Crippen LogP contribution in [0.5, 0.6) is 0 Å². The molecule has 5 N–H and O–H groups in total. The van der Waals surface area contributed by atoms with Gasteiger partial charge in [-0.1, -0.05) is 18.6 Å². The Labute approximate surface area is 212 Å². The summed E-state index contributed by atoms with van der Waals surface area (Å²) < 4.78 is 32.3. The fraction of sp³-hybridized carbons (Fsp3) is 0.571. The van der Waals surface area contributed by atoms with Gasteiger partial charge in [0.1, 0.15) is 11.8 Å². The summed E-state index contributed by atoms with van der Waals surface area (Å²) in [7, 11) is -4.08. The highest BCUT2D eigenvalue weighted by Gasteiger charge is 2.42. The molecule has 36 heavy (non-hydrogen) atoms. The second kappa shape index (κ2) is 10.2. The van der Waals surface area contributed by atoms with Crippen molar-refractivity contribution >= 4 is 50.9 Å². The van der Waals surface area contributed by atoms with E-state index < -0.39 is 16.1 Å². The molecule has 2 amide bonds. The fourth-order valence-electron chi connectivity index (χ4n) is 4.91. The van der Waals surface area contributed by atoms with Crippen molar-refractivity contribution in [2.45, 2.75) is 55.5 Å². The van der Waals surface area contributed by atoms with Gasteiger partial charge in [-0.25, -0.2) is 19.7 Å². The number of fused-ring (bicyclic) bond motifs is 2.